The third-order valence-electron chi connectivity index (χ3n) is 11.5. The van der Waals surface area contributed by atoms with Crippen molar-refractivity contribution in [3.8, 4) is 0 Å². The Hall–Kier alpha value is -6.06. The number of benzene rings is 3. The first kappa shape index (κ1) is 43.5. The highest BCUT2D eigenvalue weighted by Crippen LogP contribution is 2.25. The second-order valence-corrected chi connectivity index (χ2v) is 15.8. The van der Waals surface area contributed by atoms with Crippen molar-refractivity contribution in [3.05, 3.63) is 108 Å². The molecule has 8 atom stereocenters. The van der Waals surface area contributed by atoms with Gasteiger partial charge in [-0.2, -0.15) is 0 Å². The van der Waals surface area contributed by atoms with Crippen molar-refractivity contribution in [1.82, 2.24) is 36.5 Å². The number of hydrogen-bond acceptors (Lipinski definition) is 8. The molecule has 0 unspecified atom stereocenters. The standard InChI is InChI=1S/C45H56N8O7/c1-27(30-16-7-4-8-17-30)38-43(58)49-35(25-31-26-47-33-19-10-9-18-32(31)33)41(56)48-34(20-11-12-22-46)40(55)52-39(28(2)54)44(59)50-36(24-29-14-5-3-6-15-29)45(60)53-23-13-21-37(53)42(57)51-38/h3-10,14-19,26-28,34-39,47,54H,11-13,20-25,46H2,1-2H3,(H,48,56)(H,49,58)(H,50,59)(H,51,57)(H,52,55)/t27-,28+,34-,35+,36-,37-,38-,39-/m0/s1. The van der Waals surface area contributed by atoms with Crippen LogP contribution in [0.2, 0.25) is 0 Å². The van der Waals surface area contributed by atoms with Gasteiger partial charge in [0, 0.05) is 42.4 Å². The van der Waals surface area contributed by atoms with Gasteiger partial charge in [-0.15, -0.1) is 0 Å². The number of aromatic nitrogens is 1. The number of fused-ring (bicyclic) bond motifs is 2. The Bertz CT molecular complexity index is 2130. The smallest absolute Gasteiger partial charge is 0.246 e. The van der Waals surface area contributed by atoms with Gasteiger partial charge in [-0.25, -0.2) is 0 Å². The summed E-state index contributed by atoms with van der Waals surface area (Å²) in [6.45, 7) is 3.70. The van der Waals surface area contributed by atoms with E-state index in [0.717, 1.165) is 27.6 Å². The maximum atomic E-state index is 14.7. The molecule has 2 aliphatic heterocycles. The van der Waals surface area contributed by atoms with E-state index in [1.54, 1.807) is 25.3 Å². The molecule has 15 heteroatoms. The van der Waals surface area contributed by atoms with E-state index in [1.165, 1.54) is 11.8 Å². The molecule has 2 fully saturated rings. The SMILES string of the molecule is C[C@@H](O)[C@@H]1NC(=O)[C@H](CCCCN)NC(=O)[C@@H](Cc2c[nH]c3ccccc23)NC(=O)[C@H]([C@@H](C)c2ccccc2)NC(=O)[C@@H]2CCCN2C(=O)[C@H](Cc2ccccc2)NC1=O. The maximum absolute atomic E-state index is 14.7. The second-order valence-electron chi connectivity index (χ2n) is 15.8. The van der Waals surface area contributed by atoms with Gasteiger partial charge in [0.05, 0.1) is 6.10 Å². The lowest BCUT2D eigenvalue weighted by atomic mass is 9.91. The molecule has 15 nitrogen and oxygen atoms in total. The van der Waals surface area contributed by atoms with Crippen LogP contribution >= 0.6 is 0 Å². The fraction of sp³-hybridized carbons (Fsp3) is 0.422. The van der Waals surface area contributed by atoms with Crippen LogP contribution in [0.1, 0.15) is 68.6 Å². The van der Waals surface area contributed by atoms with Crippen LogP contribution in [-0.4, -0.2) is 106 Å². The molecule has 318 valence electrons. The lowest BCUT2D eigenvalue weighted by molar-refractivity contribution is -0.143. The molecule has 0 spiro atoms. The number of aliphatic hydroxyl groups is 1. The van der Waals surface area contributed by atoms with E-state index in [0.29, 0.717) is 32.2 Å². The Morgan fingerprint density at radius 2 is 1.30 bits per heavy atom. The van der Waals surface area contributed by atoms with Crippen molar-refractivity contribution in [3.63, 3.8) is 0 Å². The molecule has 0 saturated carbocycles. The number of rotatable bonds is 11. The number of nitrogens with two attached hydrogens (primary N) is 1. The van der Waals surface area contributed by atoms with Crippen molar-refractivity contribution in [2.75, 3.05) is 13.1 Å². The summed E-state index contributed by atoms with van der Waals surface area (Å²) in [6, 6.07) is 18.5. The number of nitrogens with zero attached hydrogens (tertiary/aromatic N) is 1. The quantitative estimate of drug-likeness (QED) is 0.104. The third-order valence-corrected chi connectivity index (χ3v) is 11.5. The first-order chi connectivity index (χ1) is 28.9. The summed E-state index contributed by atoms with van der Waals surface area (Å²) < 4.78 is 0. The zero-order valence-corrected chi connectivity index (χ0v) is 34.1. The third kappa shape index (κ3) is 10.6. The van der Waals surface area contributed by atoms with Crippen LogP contribution in [0.3, 0.4) is 0 Å². The molecule has 6 amide bonds. The molecule has 0 aliphatic carbocycles. The largest absolute Gasteiger partial charge is 0.391 e. The molecule has 9 N–H and O–H groups in total. The van der Waals surface area contributed by atoms with Crippen molar-refractivity contribution >= 4 is 46.3 Å². The topological polar surface area (TPSA) is 228 Å². The van der Waals surface area contributed by atoms with Crippen molar-refractivity contribution < 1.29 is 33.9 Å². The van der Waals surface area contributed by atoms with Gasteiger partial charge in [-0.3, -0.25) is 28.8 Å². The molecule has 2 saturated heterocycles. The van der Waals surface area contributed by atoms with E-state index < -0.39 is 83.7 Å². The number of para-hydroxylation sites is 1. The molecule has 6 rings (SSSR count). The first-order valence-electron chi connectivity index (χ1n) is 20.8. The van der Waals surface area contributed by atoms with Crippen LogP contribution in [-0.2, 0) is 41.6 Å². The molecule has 60 heavy (non-hydrogen) atoms. The molecule has 4 aromatic rings. The Morgan fingerprint density at radius 1 is 0.683 bits per heavy atom. The molecule has 0 bridgehead atoms. The van der Waals surface area contributed by atoms with Gasteiger partial charge in [-0.1, -0.05) is 85.8 Å². The van der Waals surface area contributed by atoms with Crippen LogP contribution in [0.4, 0.5) is 0 Å². The molecular weight excluding hydrogens is 765 g/mol. The molecule has 2 aliphatic rings. The minimum atomic E-state index is -1.52. The van der Waals surface area contributed by atoms with Crippen LogP contribution < -0.4 is 32.3 Å². The summed E-state index contributed by atoms with van der Waals surface area (Å²) in [5.41, 5.74) is 8.82. The number of nitrogens with one attached hydrogen (secondary N) is 6. The van der Waals surface area contributed by atoms with E-state index in [2.05, 4.69) is 31.6 Å². The van der Waals surface area contributed by atoms with E-state index in [1.807, 2.05) is 72.8 Å². The van der Waals surface area contributed by atoms with Gasteiger partial charge in [0.15, 0.2) is 0 Å². The van der Waals surface area contributed by atoms with E-state index in [4.69, 9.17) is 5.73 Å². The minimum Gasteiger partial charge on any atom is -0.391 e. The predicted octanol–water partition coefficient (Wildman–Crippen LogP) is 1.70. The van der Waals surface area contributed by atoms with E-state index in [9.17, 15) is 33.9 Å². The summed E-state index contributed by atoms with van der Waals surface area (Å²) in [6.07, 6.45) is 2.33. The average molecular weight is 821 g/mol. The van der Waals surface area contributed by atoms with Gasteiger partial charge < -0.3 is 47.3 Å². The predicted molar refractivity (Wildman–Crippen MR) is 226 cm³/mol. The summed E-state index contributed by atoms with van der Waals surface area (Å²) in [5.74, 6) is -4.53. The van der Waals surface area contributed by atoms with Crippen molar-refractivity contribution in [1.29, 1.82) is 0 Å². The fourth-order valence-electron chi connectivity index (χ4n) is 8.11. The number of aromatic amines is 1. The Labute approximate surface area is 349 Å². The summed E-state index contributed by atoms with van der Waals surface area (Å²) in [7, 11) is 0. The zero-order valence-electron chi connectivity index (χ0n) is 34.1. The maximum Gasteiger partial charge on any atom is 0.246 e. The number of hydrogen-bond donors (Lipinski definition) is 8. The normalized spacial score (nSPS) is 24.6. The molecule has 0 radical (unpaired) electrons. The summed E-state index contributed by atoms with van der Waals surface area (Å²) in [5, 5.41) is 25.8. The van der Waals surface area contributed by atoms with Crippen LogP contribution in [0.25, 0.3) is 10.9 Å². The van der Waals surface area contributed by atoms with Crippen LogP contribution in [0, 0.1) is 0 Å². The number of unbranched alkanes of at least 4 members (excludes halogenated alkanes) is 1. The Balaban J connectivity index is 1.42. The van der Waals surface area contributed by atoms with Gasteiger partial charge >= 0.3 is 0 Å². The van der Waals surface area contributed by atoms with Crippen molar-refractivity contribution in [2.45, 2.75) is 107 Å². The Kier molecular flexibility index (Phi) is 14.7. The highest BCUT2D eigenvalue weighted by atomic mass is 16.3. The van der Waals surface area contributed by atoms with Gasteiger partial charge in [0.1, 0.15) is 36.3 Å². The highest BCUT2D eigenvalue weighted by molar-refractivity contribution is 5.99. The minimum absolute atomic E-state index is 0.0194. The Morgan fingerprint density at radius 3 is 2.02 bits per heavy atom. The zero-order chi connectivity index (χ0) is 42.8. The van der Waals surface area contributed by atoms with Gasteiger partial charge in [0.2, 0.25) is 35.4 Å². The molecule has 3 heterocycles. The van der Waals surface area contributed by atoms with Crippen LogP contribution in [0.5, 0.6) is 0 Å². The number of H-pyrrole nitrogens is 1. The number of amides is 6. The second kappa shape index (κ2) is 20.3. The summed E-state index contributed by atoms with van der Waals surface area (Å²) >= 11 is 0. The van der Waals surface area contributed by atoms with Gasteiger partial charge in [-0.05, 0) is 68.3 Å². The highest BCUT2D eigenvalue weighted by Gasteiger charge is 2.42. The molecule has 1 aromatic heterocycles. The molecule has 3 aromatic carbocycles. The lowest BCUT2D eigenvalue weighted by Crippen LogP contribution is -2.63. The monoisotopic (exact) mass is 820 g/mol. The lowest BCUT2D eigenvalue weighted by Gasteiger charge is -2.33. The first-order valence-corrected chi connectivity index (χ1v) is 20.8. The van der Waals surface area contributed by atoms with Crippen LogP contribution in [0.15, 0.2) is 91.1 Å². The van der Waals surface area contributed by atoms with Crippen molar-refractivity contribution in [2.24, 2.45) is 5.73 Å². The summed E-state index contributed by atoms with van der Waals surface area (Å²) in [4.78, 5) is 90.9. The number of aliphatic hydroxyl groups excluding tert-OH is 1. The fourth-order valence-corrected chi connectivity index (χ4v) is 8.11. The molecular formula is C45H56N8O7. The van der Waals surface area contributed by atoms with E-state index in [-0.39, 0.29) is 25.8 Å². The average Bonchev–Trinajstić information content (AvgIpc) is 3.91. The number of carbonyl (C=O) groups is 6. The van der Waals surface area contributed by atoms with Gasteiger partial charge in [0.25, 0.3) is 0 Å². The van der Waals surface area contributed by atoms with E-state index >= 15 is 0 Å². The number of carbonyl (C=O) groups excluding carboxylic acids is 6.